The fraction of sp³-hybridized carbons (Fsp3) is 0.895. The van der Waals surface area contributed by atoms with Gasteiger partial charge in [-0.3, -0.25) is 9.69 Å². The molecule has 1 aliphatic rings. The molecule has 0 aromatic carbocycles. The van der Waals surface area contributed by atoms with Crippen molar-refractivity contribution in [3.63, 3.8) is 0 Å². The number of likely N-dealkylation sites (tertiary alicyclic amines) is 1. The SMILES string of the molecule is CCOC(=O)NC(C(=O)NCC(C)(C)N1CCCC(CC)C1)C(C)C. The first kappa shape index (κ1) is 21.7. The van der Waals surface area contributed by atoms with E-state index in [2.05, 4.69) is 36.3 Å². The van der Waals surface area contributed by atoms with Crippen molar-refractivity contribution in [1.82, 2.24) is 15.5 Å². The van der Waals surface area contributed by atoms with Gasteiger partial charge in [0.05, 0.1) is 6.61 Å². The molecular weight excluding hydrogens is 318 g/mol. The molecule has 2 amide bonds. The van der Waals surface area contributed by atoms with Crippen molar-refractivity contribution in [2.75, 3.05) is 26.2 Å². The van der Waals surface area contributed by atoms with Crippen LogP contribution in [0.4, 0.5) is 4.79 Å². The minimum atomic E-state index is -0.584. The molecule has 0 radical (unpaired) electrons. The lowest BCUT2D eigenvalue weighted by Crippen LogP contribution is -2.57. The van der Waals surface area contributed by atoms with E-state index in [9.17, 15) is 9.59 Å². The van der Waals surface area contributed by atoms with Crippen LogP contribution in [0.5, 0.6) is 0 Å². The van der Waals surface area contributed by atoms with E-state index in [1.807, 2.05) is 13.8 Å². The zero-order chi connectivity index (χ0) is 19.0. The third-order valence-corrected chi connectivity index (χ3v) is 5.15. The molecule has 146 valence electrons. The van der Waals surface area contributed by atoms with E-state index in [1.54, 1.807) is 6.92 Å². The lowest BCUT2D eigenvalue weighted by atomic mass is 9.91. The van der Waals surface area contributed by atoms with Gasteiger partial charge in [0.2, 0.25) is 5.91 Å². The predicted molar refractivity (Wildman–Crippen MR) is 100 cm³/mol. The molecule has 0 aromatic rings. The largest absolute Gasteiger partial charge is 0.450 e. The van der Waals surface area contributed by atoms with E-state index in [4.69, 9.17) is 4.74 Å². The molecule has 0 saturated carbocycles. The van der Waals surface area contributed by atoms with Gasteiger partial charge in [0.15, 0.2) is 0 Å². The van der Waals surface area contributed by atoms with Crippen LogP contribution in [0.2, 0.25) is 0 Å². The molecular formula is C19H37N3O3. The van der Waals surface area contributed by atoms with Gasteiger partial charge < -0.3 is 15.4 Å². The quantitative estimate of drug-likeness (QED) is 0.702. The standard InChI is InChI=1S/C19H37N3O3/c1-7-15-10-9-11-22(12-15)19(5,6)13-20-17(23)16(14(3)4)21-18(24)25-8-2/h14-16H,7-13H2,1-6H3,(H,20,23)(H,21,24). The molecule has 1 rings (SSSR count). The number of hydrogen-bond acceptors (Lipinski definition) is 4. The summed E-state index contributed by atoms with van der Waals surface area (Å²) in [6.45, 7) is 15.2. The van der Waals surface area contributed by atoms with E-state index < -0.39 is 12.1 Å². The highest BCUT2D eigenvalue weighted by molar-refractivity contribution is 5.85. The molecule has 1 saturated heterocycles. The second-order valence-electron chi connectivity index (χ2n) is 7.98. The predicted octanol–water partition coefficient (Wildman–Crippen LogP) is 2.77. The van der Waals surface area contributed by atoms with Crippen LogP contribution in [-0.2, 0) is 9.53 Å². The highest BCUT2D eigenvalue weighted by atomic mass is 16.5. The summed E-state index contributed by atoms with van der Waals surface area (Å²) in [4.78, 5) is 26.7. The first-order valence-electron chi connectivity index (χ1n) is 9.67. The van der Waals surface area contributed by atoms with Crippen LogP contribution in [0, 0.1) is 11.8 Å². The van der Waals surface area contributed by atoms with E-state index in [1.165, 1.54) is 19.3 Å². The number of alkyl carbamates (subject to hydrolysis) is 1. The lowest BCUT2D eigenvalue weighted by Gasteiger charge is -2.43. The van der Waals surface area contributed by atoms with E-state index in [-0.39, 0.29) is 17.4 Å². The lowest BCUT2D eigenvalue weighted by molar-refractivity contribution is -0.124. The summed E-state index contributed by atoms with van der Waals surface area (Å²) in [5, 5.41) is 5.69. The topological polar surface area (TPSA) is 70.7 Å². The van der Waals surface area contributed by atoms with Crippen LogP contribution in [-0.4, -0.2) is 54.7 Å². The Kier molecular flexibility index (Phi) is 8.69. The summed E-state index contributed by atoms with van der Waals surface area (Å²) in [7, 11) is 0. The third-order valence-electron chi connectivity index (χ3n) is 5.15. The van der Waals surface area contributed by atoms with Crippen molar-refractivity contribution in [3.05, 3.63) is 0 Å². The maximum absolute atomic E-state index is 12.6. The van der Waals surface area contributed by atoms with Crippen molar-refractivity contribution < 1.29 is 14.3 Å². The van der Waals surface area contributed by atoms with Gasteiger partial charge in [0.25, 0.3) is 0 Å². The van der Waals surface area contributed by atoms with Crippen LogP contribution in [0.25, 0.3) is 0 Å². The molecule has 1 heterocycles. The molecule has 2 N–H and O–H groups in total. The Hall–Kier alpha value is -1.30. The van der Waals surface area contributed by atoms with Gasteiger partial charge in [-0.05, 0) is 52.0 Å². The maximum atomic E-state index is 12.6. The molecule has 0 aromatic heterocycles. The normalized spacial score (nSPS) is 20.2. The van der Waals surface area contributed by atoms with Crippen LogP contribution >= 0.6 is 0 Å². The summed E-state index contributed by atoms with van der Waals surface area (Å²) in [6, 6.07) is -0.584. The van der Waals surface area contributed by atoms with E-state index >= 15 is 0 Å². The third kappa shape index (κ3) is 6.84. The maximum Gasteiger partial charge on any atom is 0.407 e. The monoisotopic (exact) mass is 355 g/mol. The average Bonchev–Trinajstić information content (AvgIpc) is 2.57. The zero-order valence-electron chi connectivity index (χ0n) is 16.9. The number of nitrogens with one attached hydrogen (secondary N) is 2. The van der Waals surface area contributed by atoms with Gasteiger partial charge in [-0.1, -0.05) is 27.2 Å². The Bertz CT molecular complexity index is 438. The Balaban J connectivity index is 2.60. The van der Waals surface area contributed by atoms with Gasteiger partial charge in [-0.15, -0.1) is 0 Å². The molecule has 2 atom stereocenters. The molecule has 25 heavy (non-hydrogen) atoms. The molecule has 0 bridgehead atoms. The Morgan fingerprint density at radius 2 is 1.96 bits per heavy atom. The summed E-state index contributed by atoms with van der Waals surface area (Å²) < 4.78 is 4.90. The molecule has 2 unspecified atom stereocenters. The first-order valence-corrected chi connectivity index (χ1v) is 9.67. The van der Waals surface area contributed by atoms with Gasteiger partial charge >= 0.3 is 6.09 Å². The number of ether oxygens (including phenoxy) is 1. The summed E-state index contributed by atoms with van der Waals surface area (Å²) in [5.74, 6) is 0.588. The summed E-state index contributed by atoms with van der Waals surface area (Å²) >= 11 is 0. The summed E-state index contributed by atoms with van der Waals surface area (Å²) in [6.07, 6.45) is 3.18. The Morgan fingerprint density at radius 3 is 2.52 bits per heavy atom. The highest BCUT2D eigenvalue weighted by Gasteiger charge is 2.32. The first-order chi connectivity index (χ1) is 11.7. The number of rotatable bonds is 8. The minimum absolute atomic E-state index is 0.00743. The average molecular weight is 356 g/mol. The minimum Gasteiger partial charge on any atom is -0.450 e. The second-order valence-corrected chi connectivity index (χ2v) is 7.98. The molecule has 1 aliphatic heterocycles. The van der Waals surface area contributed by atoms with Crippen LogP contribution in [0.15, 0.2) is 0 Å². The van der Waals surface area contributed by atoms with Gasteiger partial charge in [0.1, 0.15) is 6.04 Å². The number of piperidine rings is 1. The van der Waals surface area contributed by atoms with Gasteiger partial charge in [0, 0.05) is 18.6 Å². The highest BCUT2D eigenvalue weighted by Crippen LogP contribution is 2.25. The van der Waals surface area contributed by atoms with Crippen molar-refractivity contribution in [2.24, 2.45) is 11.8 Å². The van der Waals surface area contributed by atoms with Crippen LogP contribution in [0.1, 0.15) is 60.8 Å². The number of hydrogen-bond donors (Lipinski definition) is 2. The van der Waals surface area contributed by atoms with Gasteiger partial charge in [-0.25, -0.2) is 4.79 Å². The zero-order valence-corrected chi connectivity index (χ0v) is 16.9. The Morgan fingerprint density at radius 1 is 1.28 bits per heavy atom. The smallest absolute Gasteiger partial charge is 0.407 e. The van der Waals surface area contributed by atoms with Crippen molar-refractivity contribution in [3.8, 4) is 0 Å². The molecule has 6 heteroatoms. The number of nitrogens with zero attached hydrogens (tertiary/aromatic N) is 1. The Labute approximate surface area is 153 Å². The number of amides is 2. The molecule has 0 spiro atoms. The van der Waals surface area contributed by atoms with Crippen molar-refractivity contribution in [2.45, 2.75) is 72.4 Å². The molecule has 1 fully saturated rings. The van der Waals surface area contributed by atoms with E-state index in [0.717, 1.165) is 19.0 Å². The summed E-state index contributed by atoms with van der Waals surface area (Å²) in [5.41, 5.74) is -0.102. The van der Waals surface area contributed by atoms with Crippen molar-refractivity contribution >= 4 is 12.0 Å². The number of carbonyl (C=O) groups is 2. The fourth-order valence-corrected chi connectivity index (χ4v) is 3.31. The van der Waals surface area contributed by atoms with Crippen LogP contribution in [0.3, 0.4) is 0 Å². The van der Waals surface area contributed by atoms with Crippen molar-refractivity contribution in [1.29, 1.82) is 0 Å². The molecule has 6 nitrogen and oxygen atoms in total. The van der Waals surface area contributed by atoms with Crippen LogP contribution < -0.4 is 10.6 Å². The fourth-order valence-electron chi connectivity index (χ4n) is 3.31. The van der Waals surface area contributed by atoms with E-state index in [0.29, 0.717) is 13.2 Å². The number of carbonyl (C=O) groups excluding carboxylic acids is 2. The second kappa shape index (κ2) is 10.00. The molecule has 0 aliphatic carbocycles. The van der Waals surface area contributed by atoms with Gasteiger partial charge in [-0.2, -0.15) is 0 Å².